The standard InChI is InChI=1S/C14H24O3/c1-4-6-9-17-11-12-7-8-13(15)14(5-2,10-12)16-3/h7-8,15H,4-6,9-11H2,1-3H3. The molecule has 0 bridgehead atoms. The van der Waals surface area contributed by atoms with Gasteiger partial charge in [-0.05, 0) is 24.5 Å². The molecule has 0 saturated heterocycles. The van der Waals surface area contributed by atoms with Crippen molar-refractivity contribution in [1.82, 2.24) is 0 Å². The van der Waals surface area contributed by atoms with Crippen molar-refractivity contribution < 1.29 is 14.6 Å². The molecule has 1 atom stereocenters. The Morgan fingerprint density at radius 2 is 2.12 bits per heavy atom. The van der Waals surface area contributed by atoms with Crippen molar-refractivity contribution in [2.75, 3.05) is 20.3 Å². The van der Waals surface area contributed by atoms with Gasteiger partial charge in [0.05, 0.1) is 6.61 Å². The molecule has 0 heterocycles. The van der Waals surface area contributed by atoms with Crippen LogP contribution in [-0.2, 0) is 9.47 Å². The Morgan fingerprint density at radius 3 is 2.71 bits per heavy atom. The van der Waals surface area contributed by atoms with Gasteiger partial charge in [0.2, 0.25) is 0 Å². The van der Waals surface area contributed by atoms with E-state index in [0.717, 1.165) is 25.9 Å². The molecule has 0 spiro atoms. The minimum absolute atomic E-state index is 0.319. The van der Waals surface area contributed by atoms with Crippen molar-refractivity contribution in [3.63, 3.8) is 0 Å². The Morgan fingerprint density at radius 1 is 1.35 bits per heavy atom. The summed E-state index contributed by atoms with van der Waals surface area (Å²) in [5.41, 5.74) is 0.640. The van der Waals surface area contributed by atoms with Gasteiger partial charge in [-0.2, -0.15) is 0 Å². The summed E-state index contributed by atoms with van der Waals surface area (Å²) < 4.78 is 11.1. The Labute approximate surface area is 104 Å². The smallest absolute Gasteiger partial charge is 0.128 e. The minimum atomic E-state index is -0.543. The summed E-state index contributed by atoms with van der Waals surface area (Å²) in [6.07, 6.45) is 7.39. The third-order valence-electron chi connectivity index (χ3n) is 3.35. The van der Waals surface area contributed by atoms with Crippen LogP contribution in [0.5, 0.6) is 0 Å². The van der Waals surface area contributed by atoms with E-state index in [1.54, 1.807) is 13.2 Å². The Bertz CT molecular complexity index is 288. The molecule has 3 heteroatoms. The summed E-state index contributed by atoms with van der Waals surface area (Å²) in [7, 11) is 1.65. The van der Waals surface area contributed by atoms with E-state index in [1.807, 2.05) is 13.0 Å². The normalized spacial score (nSPS) is 24.4. The molecule has 0 radical (unpaired) electrons. The van der Waals surface area contributed by atoms with Gasteiger partial charge in [0, 0.05) is 20.1 Å². The average molecular weight is 240 g/mol. The highest BCUT2D eigenvalue weighted by Gasteiger charge is 2.35. The van der Waals surface area contributed by atoms with Gasteiger partial charge < -0.3 is 14.6 Å². The maximum absolute atomic E-state index is 9.90. The number of methoxy groups -OCH3 is 1. The van der Waals surface area contributed by atoms with Gasteiger partial charge in [-0.1, -0.05) is 26.3 Å². The third kappa shape index (κ3) is 3.58. The Hall–Kier alpha value is -0.800. The van der Waals surface area contributed by atoms with Crippen LogP contribution in [0.15, 0.2) is 23.5 Å². The molecule has 0 aromatic heterocycles. The van der Waals surface area contributed by atoms with Crippen molar-refractivity contribution in [1.29, 1.82) is 0 Å². The van der Waals surface area contributed by atoms with E-state index in [0.29, 0.717) is 18.8 Å². The average Bonchev–Trinajstić information content (AvgIpc) is 2.37. The van der Waals surface area contributed by atoms with Crippen molar-refractivity contribution >= 4 is 0 Å². The monoisotopic (exact) mass is 240 g/mol. The van der Waals surface area contributed by atoms with E-state index >= 15 is 0 Å². The number of ether oxygens (including phenoxy) is 2. The van der Waals surface area contributed by atoms with E-state index in [4.69, 9.17) is 9.47 Å². The SMILES string of the molecule is CCCCOCC1=CC=C(O)C(CC)(OC)C1. The predicted octanol–water partition coefficient (Wildman–Crippen LogP) is 3.37. The van der Waals surface area contributed by atoms with E-state index in [9.17, 15) is 5.11 Å². The highest BCUT2D eigenvalue weighted by molar-refractivity contribution is 5.29. The maximum atomic E-state index is 9.90. The molecule has 1 aliphatic carbocycles. The molecule has 1 unspecified atom stereocenters. The highest BCUT2D eigenvalue weighted by atomic mass is 16.5. The molecule has 17 heavy (non-hydrogen) atoms. The van der Waals surface area contributed by atoms with Gasteiger partial charge in [0.25, 0.3) is 0 Å². The van der Waals surface area contributed by atoms with Crippen molar-refractivity contribution in [3.05, 3.63) is 23.5 Å². The first-order valence-corrected chi connectivity index (χ1v) is 6.40. The molecular formula is C14H24O3. The zero-order chi connectivity index (χ0) is 12.7. The summed E-state index contributed by atoms with van der Waals surface area (Å²) in [6.45, 7) is 5.61. The molecule has 3 nitrogen and oxygen atoms in total. The number of rotatable bonds is 7. The van der Waals surface area contributed by atoms with Crippen LogP contribution in [0.3, 0.4) is 0 Å². The fourth-order valence-electron chi connectivity index (χ4n) is 2.04. The quantitative estimate of drug-likeness (QED) is 0.693. The van der Waals surface area contributed by atoms with E-state index in [-0.39, 0.29) is 0 Å². The van der Waals surface area contributed by atoms with Gasteiger partial charge in [-0.3, -0.25) is 0 Å². The van der Waals surface area contributed by atoms with Crippen LogP contribution in [0.4, 0.5) is 0 Å². The highest BCUT2D eigenvalue weighted by Crippen LogP contribution is 2.34. The second-order valence-electron chi connectivity index (χ2n) is 4.51. The third-order valence-corrected chi connectivity index (χ3v) is 3.35. The van der Waals surface area contributed by atoms with E-state index in [2.05, 4.69) is 6.92 Å². The first kappa shape index (κ1) is 14.3. The van der Waals surface area contributed by atoms with Gasteiger partial charge in [0.15, 0.2) is 0 Å². The van der Waals surface area contributed by atoms with E-state index in [1.165, 1.54) is 5.57 Å². The van der Waals surface area contributed by atoms with Gasteiger partial charge in [-0.25, -0.2) is 0 Å². The van der Waals surface area contributed by atoms with Crippen LogP contribution in [0, 0.1) is 0 Å². The van der Waals surface area contributed by atoms with Crippen molar-refractivity contribution in [2.24, 2.45) is 0 Å². The summed E-state index contributed by atoms with van der Waals surface area (Å²) in [4.78, 5) is 0. The van der Waals surface area contributed by atoms with Crippen LogP contribution in [0.1, 0.15) is 39.5 Å². The summed E-state index contributed by atoms with van der Waals surface area (Å²) in [5, 5.41) is 9.90. The van der Waals surface area contributed by atoms with Crippen LogP contribution in [0.2, 0.25) is 0 Å². The topological polar surface area (TPSA) is 38.7 Å². The molecule has 1 rings (SSSR count). The summed E-state index contributed by atoms with van der Waals surface area (Å²) in [6, 6.07) is 0. The fraction of sp³-hybridized carbons (Fsp3) is 0.714. The van der Waals surface area contributed by atoms with E-state index < -0.39 is 5.60 Å². The number of hydrogen-bond acceptors (Lipinski definition) is 3. The number of unbranched alkanes of at least 4 members (excludes halogenated alkanes) is 1. The molecule has 98 valence electrons. The van der Waals surface area contributed by atoms with Crippen LogP contribution >= 0.6 is 0 Å². The first-order valence-electron chi connectivity index (χ1n) is 6.40. The lowest BCUT2D eigenvalue weighted by Crippen LogP contribution is -2.35. The van der Waals surface area contributed by atoms with Gasteiger partial charge in [-0.15, -0.1) is 0 Å². The number of hydrogen-bond donors (Lipinski definition) is 1. The fourth-order valence-corrected chi connectivity index (χ4v) is 2.04. The van der Waals surface area contributed by atoms with Gasteiger partial charge in [0.1, 0.15) is 11.4 Å². The summed E-state index contributed by atoms with van der Waals surface area (Å²) >= 11 is 0. The lowest BCUT2D eigenvalue weighted by Gasteiger charge is -2.33. The number of allylic oxidation sites excluding steroid dienone is 2. The largest absolute Gasteiger partial charge is 0.509 e. The molecule has 0 amide bonds. The molecule has 0 aromatic rings. The molecule has 0 saturated carbocycles. The lowest BCUT2D eigenvalue weighted by molar-refractivity contribution is -0.0175. The first-order chi connectivity index (χ1) is 8.18. The second kappa shape index (κ2) is 6.82. The summed E-state index contributed by atoms with van der Waals surface area (Å²) in [5.74, 6) is 0.319. The molecule has 0 aliphatic heterocycles. The predicted molar refractivity (Wildman–Crippen MR) is 69.2 cm³/mol. The minimum Gasteiger partial charge on any atom is -0.509 e. The number of aliphatic hydroxyl groups is 1. The van der Waals surface area contributed by atoms with Crippen molar-refractivity contribution in [3.8, 4) is 0 Å². The molecule has 1 aliphatic rings. The van der Waals surface area contributed by atoms with Crippen LogP contribution < -0.4 is 0 Å². The van der Waals surface area contributed by atoms with Crippen molar-refractivity contribution in [2.45, 2.75) is 45.1 Å². The Kier molecular flexibility index (Phi) is 5.72. The zero-order valence-corrected chi connectivity index (χ0v) is 11.2. The lowest BCUT2D eigenvalue weighted by atomic mass is 9.86. The van der Waals surface area contributed by atoms with Gasteiger partial charge >= 0.3 is 0 Å². The maximum Gasteiger partial charge on any atom is 0.128 e. The number of aliphatic hydroxyl groups excluding tert-OH is 1. The second-order valence-corrected chi connectivity index (χ2v) is 4.51. The molecule has 0 aromatic carbocycles. The molecular weight excluding hydrogens is 216 g/mol. The van der Waals surface area contributed by atoms with Crippen LogP contribution in [0.25, 0.3) is 0 Å². The van der Waals surface area contributed by atoms with Crippen LogP contribution in [-0.4, -0.2) is 31.0 Å². The Balaban J connectivity index is 2.53. The zero-order valence-electron chi connectivity index (χ0n) is 11.2. The molecule has 1 N–H and O–H groups in total. The molecule has 0 fully saturated rings.